The summed E-state index contributed by atoms with van der Waals surface area (Å²) in [5, 5.41) is 0. The molecule has 0 N–H and O–H groups in total. The standard InChI is InChI=1S/C8H19N2/c1-5-10(4,6-2)8-7-9-3/h3,5-8H2,1-2,4H3/q+1. The Kier molecular flexibility index (Phi) is 4.28. The number of quaternary nitrogens is 1. The zero-order valence-corrected chi connectivity index (χ0v) is 7.43. The first-order chi connectivity index (χ1) is 4.68. The normalized spacial score (nSPS) is 11.5. The summed E-state index contributed by atoms with van der Waals surface area (Å²) in [6, 6.07) is 0. The van der Waals surface area contributed by atoms with Crippen LogP contribution in [0, 0.1) is 0 Å². The van der Waals surface area contributed by atoms with Gasteiger partial charge in [0.2, 0.25) is 0 Å². The summed E-state index contributed by atoms with van der Waals surface area (Å²) in [5.41, 5.74) is 0. The van der Waals surface area contributed by atoms with E-state index in [1.807, 2.05) is 0 Å². The second kappa shape index (κ2) is 4.45. The van der Waals surface area contributed by atoms with Crippen molar-refractivity contribution in [1.82, 2.24) is 0 Å². The van der Waals surface area contributed by atoms with E-state index in [9.17, 15) is 0 Å². The maximum absolute atomic E-state index is 3.85. The molecule has 0 aliphatic heterocycles. The molecule has 0 amide bonds. The van der Waals surface area contributed by atoms with Gasteiger partial charge in [-0.2, -0.15) is 0 Å². The number of aliphatic imine (C=N–C) groups is 1. The van der Waals surface area contributed by atoms with E-state index in [1.165, 1.54) is 13.1 Å². The van der Waals surface area contributed by atoms with Crippen molar-refractivity contribution in [2.45, 2.75) is 13.8 Å². The first-order valence-corrected chi connectivity index (χ1v) is 3.94. The van der Waals surface area contributed by atoms with E-state index >= 15 is 0 Å². The lowest BCUT2D eigenvalue weighted by molar-refractivity contribution is -0.904. The van der Waals surface area contributed by atoms with Crippen LogP contribution in [0.2, 0.25) is 0 Å². The van der Waals surface area contributed by atoms with E-state index in [0.717, 1.165) is 17.6 Å². The Morgan fingerprint density at radius 2 is 1.80 bits per heavy atom. The van der Waals surface area contributed by atoms with Crippen LogP contribution in [0.4, 0.5) is 0 Å². The van der Waals surface area contributed by atoms with Gasteiger partial charge in [0.05, 0.1) is 33.2 Å². The molecule has 0 unspecified atom stereocenters. The summed E-state index contributed by atoms with van der Waals surface area (Å²) in [6.07, 6.45) is 0. The van der Waals surface area contributed by atoms with Crippen molar-refractivity contribution in [3.05, 3.63) is 0 Å². The summed E-state index contributed by atoms with van der Waals surface area (Å²) in [4.78, 5) is 3.85. The third kappa shape index (κ3) is 2.97. The molecule has 2 heteroatoms. The molecule has 0 aromatic carbocycles. The van der Waals surface area contributed by atoms with Crippen LogP contribution in [-0.4, -0.2) is 44.4 Å². The van der Waals surface area contributed by atoms with Crippen LogP contribution in [0.15, 0.2) is 4.99 Å². The average molecular weight is 143 g/mol. The van der Waals surface area contributed by atoms with Crippen LogP contribution in [0.5, 0.6) is 0 Å². The van der Waals surface area contributed by atoms with Crippen LogP contribution >= 0.6 is 0 Å². The summed E-state index contributed by atoms with van der Waals surface area (Å²) in [5.74, 6) is 0. The second-order valence-corrected chi connectivity index (χ2v) is 2.92. The Balaban J connectivity index is 3.68. The van der Waals surface area contributed by atoms with Gasteiger partial charge in [0, 0.05) is 0 Å². The van der Waals surface area contributed by atoms with Gasteiger partial charge in [0.25, 0.3) is 0 Å². The van der Waals surface area contributed by atoms with Crippen molar-refractivity contribution in [2.24, 2.45) is 4.99 Å². The van der Waals surface area contributed by atoms with E-state index in [2.05, 4.69) is 32.6 Å². The molecular weight excluding hydrogens is 124 g/mol. The van der Waals surface area contributed by atoms with Gasteiger partial charge in [-0.1, -0.05) is 0 Å². The first kappa shape index (κ1) is 9.63. The zero-order chi connectivity index (χ0) is 8.04. The number of rotatable bonds is 5. The highest BCUT2D eigenvalue weighted by Gasteiger charge is 2.14. The van der Waals surface area contributed by atoms with Crippen molar-refractivity contribution >= 4 is 6.72 Å². The monoisotopic (exact) mass is 143 g/mol. The summed E-state index contributed by atoms with van der Waals surface area (Å²) < 4.78 is 1.11. The Hall–Kier alpha value is -0.370. The highest BCUT2D eigenvalue weighted by atomic mass is 15.3. The van der Waals surface area contributed by atoms with Gasteiger partial charge in [-0.05, 0) is 20.6 Å². The van der Waals surface area contributed by atoms with Gasteiger partial charge in [-0.3, -0.25) is 4.99 Å². The smallest absolute Gasteiger partial charge is 0.0982 e. The molecule has 0 aliphatic carbocycles. The van der Waals surface area contributed by atoms with E-state index in [0.29, 0.717) is 0 Å². The maximum Gasteiger partial charge on any atom is 0.0982 e. The van der Waals surface area contributed by atoms with Crippen LogP contribution in [0.3, 0.4) is 0 Å². The number of likely N-dealkylation sites (N-methyl/N-ethyl adjacent to an activating group) is 1. The highest BCUT2D eigenvalue weighted by Crippen LogP contribution is 1.99. The van der Waals surface area contributed by atoms with Crippen molar-refractivity contribution in [3.63, 3.8) is 0 Å². The Morgan fingerprint density at radius 1 is 1.30 bits per heavy atom. The minimum atomic E-state index is 0.887. The third-order valence-electron chi connectivity index (χ3n) is 2.32. The van der Waals surface area contributed by atoms with Gasteiger partial charge in [0.1, 0.15) is 0 Å². The minimum absolute atomic E-state index is 0.887. The van der Waals surface area contributed by atoms with Crippen molar-refractivity contribution in [1.29, 1.82) is 0 Å². The molecule has 0 saturated heterocycles. The number of nitrogens with zero attached hydrogens (tertiary/aromatic N) is 2. The average Bonchev–Trinajstić information content (AvgIpc) is 2.00. The molecule has 2 nitrogen and oxygen atoms in total. The predicted octanol–water partition coefficient (Wildman–Crippen LogP) is 1.17. The SMILES string of the molecule is C=NCC[N+](C)(CC)CC. The fourth-order valence-electron chi connectivity index (χ4n) is 0.852. The van der Waals surface area contributed by atoms with E-state index < -0.39 is 0 Å². The summed E-state index contributed by atoms with van der Waals surface area (Å²) >= 11 is 0. The van der Waals surface area contributed by atoms with E-state index in [1.54, 1.807) is 0 Å². The topological polar surface area (TPSA) is 12.4 Å². The molecule has 0 rings (SSSR count). The summed E-state index contributed by atoms with van der Waals surface area (Å²) in [6.45, 7) is 12.3. The van der Waals surface area contributed by atoms with Crippen LogP contribution in [0.1, 0.15) is 13.8 Å². The molecule has 0 radical (unpaired) electrons. The zero-order valence-electron chi connectivity index (χ0n) is 7.43. The molecule has 0 aromatic rings. The fraction of sp³-hybridized carbons (Fsp3) is 0.875. The van der Waals surface area contributed by atoms with E-state index in [4.69, 9.17) is 0 Å². The van der Waals surface area contributed by atoms with Crippen LogP contribution in [0.25, 0.3) is 0 Å². The van der Waals surface area contributed by atoms with Gasteiger partial charge < -0.3 is 4.48 Å². The molecular formula is C8H19N2+. The summed E-state index contributed by atoms with van der Waals surface area (Å²) in [7, 11) is 2.26. The molecule has 0 heterocycles. The van der Waals surface area contributed by atoms with Crippen molar-refractivity contribution in [3.8, 4) is 0 Å². The molecule has 60 valence electrons. The van der Waals surface area contributed by atoms with Gasteiger partial charge in [-0.15, -0.1) is 0 Å². The van der Waals surface area contributed by atoms with Crippen molar-refractivity contribution < 1.29 is 4.48 Å². The predicted molar refractivity (Wildman–Crippen MR) is 46.5 cm³/mol. The number of hydrogen-bond acceptors (Lipinski definition) is 1. The van der Waals surface area contributed by atoms with Crippen LogP contribution < -0.4 is 0 Å². The molecule has 0 spiro atoms. The fourth-order valence-corrected chi connectivity index (χ4v) is 0.852. The lowest BCUT2D eigenvalue weighted by Gasteiger charge is -2.31. The van der Waals surface area contributed by atoms with Crippen molar-refractivity contribution in [2.75, 3.05) is 33.2 Å². The highest BCUT2D eigenvalue weighted by molar-refractivity contribution is 5.22. The van der Waals surface area contributed by atoms with Crippen LogP contribution in [-0.2, 0) is 0 Å². The lowest BCUT2D eigenvalue weighted by atomic mass is 10.4. The third-order valence-corrected chi connectivity index (χ3v) is 2.32. The molecule has 0 atom stereocenters. The molecule has 0 bridgehead atoms. The first-order valence-electron chi connectivity index (χ1n) is 3.94. The Morgan fingerprint density at radius 3 is 2.10 bits per heavy atom. The molecule has 10 heavy (non-hydrogen) atoms. The Labute approximate surface area is 64.2 Å². The maximum atomic E-state index is 3.85. The molecule has 0 aliphatic rings. The van der Waals surface area contributed by atoms with Gasteiger partial charge >= 0.3 is 0 Å². The number of hydrogen-bond donors (Lipinski definition) is 0. The van der Waals surface area contributed by atoms with Gasteiger partial charge in [-0.25, -0.2) is 0 Å². The quantitative estimate of drug-likeness (QED) is 0.405. The Bertz CT molecular complexity index is 95.4. The lowest BCUT2D eigenvalue weighted by Crippen LogP contribution is -2.45. The van der Waals surface area contributed by atoms with Gasteiger partial charge in [0.15, 0.2) is 0 Å². The largest absolute Gasteiger partial charge is 0.325 e. The molecule has 0 saturated carbocycles. The molecule has 0 fully saturated rings. The minimum Gasteiger partial charge on any atom is -0.325 e. The van der Waals surface area contributed by atoms with E-state index in [-0.39, 0.29) is 0 Å². The second-order valence-electron chi connectivity index (χ2n) is 2.92. The molecule has 0 aromatic heterocycles.